The predicted molar refractivity (Wildman–Crippen MR) is 160 cm³/mol. The zero-order valence-corrected chi connectivity index (χ0v) is 21.5. The van der Waals surface area contributed by atoms with E-state index in [9.17, 15) is 20.4 Å². The first-order valence-corrected chi connectivity index (χ1v) is 12.9. The van der Waals surface area contributed by atoms with Crippen LogP contribution in [0.1, 0.15) is 0 Å². The van der Waals surface area contributed by atoms with E-state index in [1.807, 2.05) is 121 Å². The molecule has 4 nitrogen and oxygen atoms in total. The topological polar surface area (TPSA) is 80.9 Å². The molecule has 0 saturated heterocycles. The Balaban J connectivity index is 1.74. The van der Waals surface area contributed by atoms with Crippen molar-refractivity contribution >= 4 is 0 Å². The fourth-order valence-electron chi connectivity index (χ4n) is 5.15. The molecule has 4 N–H and O–H groups in total. The van der Waals surface area contributed by atoms with Crippen LogP contribution >= 0.6 is 0 Å². The van der Waals surface area contributed by atoms with Crippen molar-refractivity contribution in [2.24, 2.45) is 0 Å². The highest BCUT2D eigenvalue weighted by atomic mass is 16.3. The zero-order chi connectivity index (χ0) is 27.6. The van der Waals surface area contributed by atoms with Gasteiger partial charge in [0.15, 0.2) is 0 Å². The standard InChI is InChI=1S/C36H26O4/c37-33-27(23-13-5-1-6-14-23)21-28(24-15-7-2-8-16-24)34(38)31(33)32-35(39)29(25-17-9-3-10-18-25)22-30(36(32)40)26-19-11-4-12-20-26/h1-22,37-40H. The number of benzene rings is 6. The third-order valence-corrected chi connectivity index (χ3v) is 7.13. The molecule has 40 heavy (non-hydrogen) atoms. The van der Waals surface area contributed by atoms with E-state index in [0.717, 1.165) is 22.3 Å². The van der Waals surface area contributed by atoms with Crippen LogP contribution in [0.25, 0.3) is 55.6 Å². The molecule has 194 valence electrons. The molecule has 0 heterocycles. The minimum atomic E-state index is -0.252. The monoisotopic (exact) mass is 522 g/mol. The number of aromatic hydroxyl groups is 4. The van der Waals surface area contributed by atoms with Crippen LogP contribution in [0.5, 0.6) is 23.0 Å². The van der Waals surface area contributed by atoms with Crippen LogP contribution in [0.2, 0.25) is 0 Å². The summed E-state index contributed by atoms with van der Waals surface area (Å²) >= 11 is 0. The van der Waals surface area contributed by atoms with Crippen LogP contribution < -0.4 is 0 Å². The lowest BCUT2D eigenvalue weighted by Crippen LogP contribution is -1.94. The molecule has 0 amide bonds. The van der Waals surface area contributed by atoms with E-state index in [-0.39, 0.29) is 34.1 Å². The summed E-state index contributed by atoms with van der Waals surface area (Å²) in [7, 11) is 0. The van der Waals surface area contributed by atoms with Crippen molar-refractivity contribution in [1.29, 1.82) is 0 Å². The van der Waals surface area contributed by atoms with Gasteiger partial charge < -0.3 is 20.4 Å². The molecule has 0 aliphatic carbocycles. The first kappa shape index (κ1) is 24.8. The summed E-state index contributed by atoms with van der Waals surface area (Å²) in [5.74, 6) is -1.01. The molecule has 0 bridgehead atoms. The number of hydrogen-bond acceptors (Lipinski definition) is 4. The van der Waals surface area contributed by atoms with E-state index in [4.69, 9.17) is 0 Å². The average Bonchev–Trinajstić information content (AvgIpc) is 3.01. The van der Waals surface area contributed by atoms with Crippen molar-refractivity contribution in [2.45, 2.75) is 0 Å². The molecule has 4 heteroatoms. The maximum atomic E-state index is 11.7. The largest absolute Gasteiger partial charge is 0.507 e. The molecule has 0 aromatic heterocycles. The minimum absolute atomic E-state index is 0.0508. The number of phenolic OH excluding ortho intramolecular Hbond substituents is 4. The first-order chi connectivity index (χ1) is 19.5. The summed E-state index contributed by atoms with van der Waals surface area (Å²) in [6.45, 7) is 0. The molecule has 0 saturated carbocycles. The molecule has 0 atom stereocenters. The van der Waals surface area contributed by atoms with Gasteiger partial charge in [0.05, 0.1) is 11.1 Å². The second kappa shape index (κ2) is 10.4. The molecule has 0 aliphatic rings. The Morgan fingerprint density at radius 1 is 0.275 bits per heavy atom. The third kappa shape index (κ3) is 4.32. The molecule has 0 spiro atoms. The zero-order valence-electron chi connectivity index (χ0n) is 21.5. The normalized spacial score (nSPS) is 10.9. The number of hydrogen-bond donors (Lipinski definition) is 4. The van der Waals surface area contributed by atoms with E-state index in [1.54, 1.807) is 12.1 Å². The van der Waals surface area contributed by atoms with Gasteiger partial charge in [-0.2, -0.15) is 0 Å². The molecule has 0 fully saturated rings. The molecule has 0 radical (unpaired) electrons. The van der Waals surface area contributed by atoms with E-state index in [0.29, 0.717) is 22.3 Å². The molecular weight excluding hydrogens is 496 g/mol. The van der Waals surface area contributed by atoms with Gasteiger partial charge in [-0.3, -0.25) is 0 Å². The Morgan fingerprint density at radius 2 is 0.475 bits per heavy atom. The Morgan fingerprint density at radius 3 is 0.675 bits per heavy atom. The highest BCUT2D eigenvalue weighted by Crippen LogP contribution is 2.57. The minimum Gasteiger partial charge on any atom is -0.507 e. The van der Waals surface area contributed by atoms with Gasteiger partial charge in [-0.15, -0.1) is 0 Å². The van der Waals surface area contributed by atoms with Gasteiger partial charge in [0, 0.05) is 22.3 Å². The highest BCUT2D eigenvalue weighted by molar-refractivity contribution is 6.01. The van der Waals surface area contributed by atoms with Gasteiger partial charge in [-0.05, 0) is 34.4 Å². The van der Waals surface area contributed by atoms with Gasteiger partial charge in [0.1, 0.15) is 23.0 Å². The average molecular weight is 523 g/mol. The Kier molecular flexibility index (Phi) is 6.43. The van der Waals surface area contributed by atoms with Gasteiger partial charge in [-0.25, -0.2) is 0 Å². The molecular formula is C36H26O4. The van der Waals surface area contributed by atoms with E-state index in [2.05, 4.69) is 0 Å². The van der Waals surface area contributed by atoms with Crippen molar-refractivity contribution in [3.63, 3.8) is 0 Å². The number of phenols is 4. The summed E-state index contributed by atoms with van der Waals surface area (Å²) in [5, 5.41) is 46.9. The maximum absolute atomic E-state index is 11.7. The predicted octanol–water partition coefficient (Wildman–Crippen LogP) is 8.84. The van der Waals surface area contributed by atoms with E-state index >= 15 is 0 Å². The van der Waals surface area contributed by atoms with Crippen LogP contribution in [0.15, 0.2) is 133 Å². The summed E-state index contributed by atoms with van der Waals surface area (Å²) in [4.78, 5) is 0. The van der Waals surface area contributed by atoms with Crippen molar-refractivity contribution in [2.75, 3.05) is 0 Å². The van der Waals surface area contributed by atoms with Crippen molar-refractivity contribution < 1.29 is 20.4 Å². The fourth-order valence-corrected chi connectivity index (χ4v) is 5.15. The SMILES string of the molecule is Oc1c(-c2ccccc2)cc(-c2ccccc2)c(O)c1-c1c(O)c(-c2ccccc2)cc(-c2ccccc2)c1O. The molecule has 6 aromatic carbocycles. The summed E-state index contributed by atoms with van der Waals surface area (Å²) in [5.41, 5.74) is 4.61. The second-order valence-electron chi connectivity index (χ2n) is 9.55. The second-order valence-corrected chi connectivity index (χ2v) is 9.55. The lowest BCUT2D eigenvalue weighted by molar-refractivity contribution is 0.442. The van der Waals surface area contributed by atoms with E-state index < -0.39 is 0 Å². The van der Waals surface area contributed by atoms with Gasteiger partial charge in [0.25, 0.3) is 0 Å². The lowest BCUT2D eigenvalue weighted by Gasteiger charge is -2.21. The molecule has 0 aliphatic heterocycles. The van der Waals surface area contributed by atoms with E-state index in [1.165, 1.54) is 0 Å². The van der Waals surface area contributed by atoms with Gasteiger partial charge in [0.2, 0.25) is 0 Å². The van der Waals surface area contributed by atoms with Gasteiger partial charge in [-0.1, -0.05) is 121 Å². The smallest absolute Gasteiger partial charge is 0.135 e. The first-order valence-electron chi connectivity index (χ1n) is 12.9. The summed E-state index contributed by atoms with van der Waals surface area (Å²) in [6, 6.07) is 40.8. The molecule has 0 unspecified atom stereocenters. The fraction of sp³-hybridized carbons (Fsp3) is 0. The molecule has 6 rings (SSSR count). The van der Waals surface area contributed by atoms with Crippen LogP contribution in [0.4, 0.5) is 0 Å². The van der Waals surface area contributed by atoms with Crippen LogP contribution in [0.3, 0.4) is 0 Å². The maximum Gasteiger partial charge on any atom is 0.135 e. The van der Waals surface area contributed by atoms with Gasteiger partial charge >= 0.3 is 0 Å². The lowest BCUT2D eigenvalue weighted by atomic mass is 9.86. The van der Waals surface area contributed by atoms with Crippen molar-refractivity contribution in [3.05, 3.63) is 133 Å². The molecule has 6 aromatic rings. The van der Waals surface area contributed by atoms with Crippen molar-refractivity contribution in [3.8, 4) is 78.6 Å². The highest BCUT2D eigenvalue weighted by Gasteiger charge is 2.28. The summed E-state index contributed by atoms with van der Waals surface area (Å²) in [6.07, 6.45) is 0. The van der Waals surface area contributed by atoms with Crippen LogP contribution in [0, 0.1) is 0 Å². The van der Waals surface area contributed by atoms with Crippen LogP contribution in [-0.2, 0) is 0 Å². The van der Waals surface area contributed by atoms with Crippen LogP contribution in [-0.4, -0.2) is 20.4 Å². The number of rotatable bonds is 5. The quantitative estimate of drug-likeness (QED) is 0.182. The Bertz CT molecular complexity index is 1530. The van der Waals surface area contributed by atoms with Crippen molar-refractivity contribution in [1.82, 2.24) is 0 Å². The third-order valence-electron chi connectivity index (χ3n) is 7.13. The Labute approximate surface area is 232 Å². The Hall–Kier alpha value is -5.48. The summed E-state index contributed by atoms with van der Waals surface area (Å²) < 4.78 is 0.